The van der Waals surface area contributed by atoms with Gasteiger partial charge in [0, 0.05) is 81.6 Å². The number of pyridine rings is 4. The zero-order valence-electron chi connectivity index (χ0n) is 60.5. The molecule has 428 valence electrons. The van der Waals surface area contributed by atoms with Gasteiger partial charge in [0.05, 0.1) is 0 Å². The molecule has 0 atom stereocenters. The van der Waals surface area contributed by atoms with E-state index in [0.29, 0.717) is 16.7 Å². The van der Waals surface area contributed by atoms with Gasteiger partial charge in [-0.25, -0.2) is 18.3 Å². The van der Waals surface area contributed by atoms with Crippen LogP contribution in [0, 0.1) is 69.0 Å². The summed E-state index contributed by atoms with van der Waals surface area (Å²) in [4.78, 5) is 0. The number of rotatable bonds is 8. The van der Waals surface area contributed by atoms with Crippen molar-refractivity contribution in [1.82, 2.24) is 0 Å². The van der Waals surface area contributed by atoms with Gasteiger partial charge >= 0.3 is 0 Å². The zero-order valence-corrected chi connectivity index (χ0v) is 51.5. The lowest BCUT2D eigenvalue weighted by atomic mass is 9.96. The maximum Gasteiger partial charge on any atom is 0.212 e. The Morgan fingerprint density at radius 1 is 0.233 bits per heavy atom. The third-order valence-corrected chi connectivity index (χ3v) is 15.9. The molecule has 0 bridgehead atoms. The fourth-order valence-corrected chi connectivity index (χ4v) is 10.8. The van der Waals surface area contributed by atoms with E-state index in [4.69, 9.17) is 12.3 Å². The molecule has 0 amide bonds. The largest absolute Gasteiger partial charge is 0.212 e. The van der Waals surface area contributed by atoms with Crippen molar-refractivity contribution in [3.05, 3.63) is 311 Å². The summed E-state index contributed by atoms with van der Waals surface area (Å²) in [5, 5.41) is 0. The van der Waals surface area contributed by atoms with Crippen LogP contribution in [0.15, 0.2) is 255 Å². The predicted molar refractivity (Wildman–Crippen MR) is 361 cm³/mol. The van der Waals surface area contributed by atoms with Gasteiger partial charge in [0.2, 0.25) is 22.8 Å². The Labute approximate surface area is 526 Å². The van der Waals surface area contributed by atoms with Gasteiger partial charge in [-0.3, -0.25) is 0 Å². The second-order valence-corrected chi connectivity index (χ2v) is 22.4. The van der Waals surface area contributed by atoms with E-state index >= 15 is 0 Å². The molecule has 0 unspecified atom stereocenters. The molecular weight excluding hydrogens is 1040 g/mol. The van der Waals surface area contributed by atoms with Gasteiger partial charge in [-0.05, 0) is 183 Å². The van der Waals surface area contributed by atoms with Gasteiger partial charge in [0.15, 0.2) is 24.8 Å². The lowest BCUT2D eigenvalue weighted by Gasteiger charge is -2.10. The molecule has 4 heterocycles. The van der Waals surface area contributed by atoms with E-state index in [9.17, 15) is 0 Å². The van der Waals surface area contributed by atoms with Crippen LogP contribution < -0.4 is 18.3 Å². The van der Waals surface area contributed by atoms with Crippen LogP contribution >= 0.6 is 0 Å². The smallest absolute Gasteiger partial charge is 0.201 e. The van der Waals surface area contributed by atoms with Crippen molar-refractivity contribution in [3.63, 3.8) is 0 Å². The van der Waals surface area contributed by atoms with Crippen LogP contribution in [0.4, 0.5) is 0 Å². The van der Waals surface area contributed by atoms with E-state index < -0.39 is 20.6 Å². The van der Waals surface area contributed by atoms with Crippen LogP contribution in [0.3, 0.4) is 0 Å². The zero-order chi connectivity index (χ0) is 68.5. The van der Waals surface area contributed by atoms with E-state index in [1.54, 1.807) is 24.7 Å². The average molecular weight is 1130 g/mol. The van der Waals surface area contributed by atoms with Gasteiger partial charge in [-0.15, -0.1) is 0 Å². The molecule has 12 rings (SSSR count). The molecule has 0 saturated heterocycles. The number of aromatic nitrogens is 4. The molecule has 0 N–H and O–H groups in total. The predicted octanol–water partition coefficient (Wildman–Crippen LogP) is 18.5. The second kappa shape index (κ2) is 27.8. The first kappa shape index (κ1) is 49.8. The number of hydrogen-bond acceptors (Lipinski definition) is 0. The Morgan fingerprint density at radius 3 is 1.00 bits per heavy atom. The summed E-state index contributed by atoms with van der Waals surface area (Å²) in [5.41, 5.74) is 27.2. The average Bonchev–Trinajstić information content (AvgIpc) is 0.820. The molecule has 8 aromatic carbocycles. The van der Waals surface area contributed by atoms with Crippen molar-refractivity contribution >= 4 is 0 Å². The van der Waals surface area contributed by atoms with Crippen molar-refractivity contribution in [2.45, 2.75) is 69.0 Å². The van der Waals surface area contributed by atoms with E-state index in [1.807, 2.05) is 121 Å². The number of benzene rings is 8. The SMILES string of the molecule is Cc1cc[n+](C)c(-c2cc(-c3ccccc3)ccc2C)c1.[2H]C([2H])([2H])c1c[n+](C)c(-c2cc(-c3ccccc3)ccc2C)cc1C.[2H]C([2H])([2H])c1c[n+](C)c(-c2ccc(-c3ccccc3)cc2C)cc1C.[2H]C([2H])([2H])c1ccc(-c2cc(-c3ccccc3)ccc2C)[n+](C)c1. The summed E-state index contributed by atoms with van der Waals surface area (Å²) in [6.45, 7) is 8.01. The molecule has 0 aliphatic heterocycles. The molecule has 0 saturated carbocycles. The number of hydrogen-bond donors (Lipinski definition) is 0. The molecule has 0 spiro atoms. The van der Waals surface area contributed by atoms with E-state index in [0.717, 1.165) is 72.7 Å². The molecule has 4 nitrogen and oxygen atoms in total. The maximum atomic E-state index is 7.69. The first-order valence-electron chi connectivity index (χ1n) is 33.7. The second-order valence-electron chi connectivity index (χ2n) is 22.4. The highest BCUT2D eigenvalue weighted by molar-refractivity contribution is 5.76. The molecule has 86 heavy (non-hydrogen) atoms. The molecule has 4 aromatic heterocycles. The Balaban J connectivity index is 0.000000149. The van der Waals surface area contributed by atoms with E-state index in [1.165, 1.54) is 55.8 Å². The summed E-state index contributed by atoms with van der Waals surface area (Å²) in [6, 6.07) is 79.1. The van der Waals surface area contributed by atoms with Crippen molar-refractivity contribution < 1.29 is 30.6 Å². The third-order valence-electron chi connectivity index (χ3n) is 15.9. The number of nitrogens with zero attached hydrogens (tertiary/aromatic N) is 4. The van der Waals surface area contributed by atoms with Gasteiger partial charge in [-0.1, -0.05) is 170 Å². The normalized spacial score (nSPS) is 12.7. The molecule has 0 radical (unpaired) electrons. The van der Waals surface area contributed by atoms with Crippen molar-refractivity contribution in [2.75, 3.05) is 0 Å². The summed E-state index contributed by atoms with van der Waals surface area (Å²) in [7, 11) is 7.79. The Bertz CT molecular complexity index is 4660. The molecular formula is C82H84N4+4. The summed E-state index contributed by atoms with van der Waals surface area (Å²) in [6.07, 6.45) is 7.27. The molecule has 0 aliphatic rings. The quantitative estimate of drug-likeness (QED) is 0.135. The fourth-order valence-electron chi connectivity index (χ4n) is 10.8. The summed E-state index contributed by atoms with van der Waals surface area (Å²) >= 11 is 0. The van der Waals surface area contributed by atoms with Gasteiger partial charge in [0.25, 0.3) is 0 Å². The molecule has 0 fully saturated rings. The van der Waals surface area contributed by atoms with Gasteiger partial charge < -0.3 is 0 Å². The molecule has 12 aromatic rings. The number of aryl methyl sites for hydroxylation is 14. The highest BCUT2D eigenvalue weighted by Crippen LogP contribution is 2.32. The van der Waals surface area contributed by atoms with E-state index in [-0.39, 0.29) is 0 Å². The summed E-state index contributed by atoms with van der Waals surface area (Å²) in [5.74, 6) is 0. The topological polar surface area (TPSA) is 15.5 Å². The minimum atomic E-state index is -2.10. The van der Waals surface area contributed by atoms with Crippen LogP contribution in [-0.4, -0.2) is 0 Å². The Kier molecular flexibility index (Phi) is 16.1. The highest BCUT2D eigenvalue weighted by atomic mass is 14.9. The fraction of sp³-hybridized carbons (Fsp3) is 0.171. The lowest BCUT2D eigenvalue weighted by molar-refractivity contribution is -0.660. The first-order valence-corrected chi connectivity index (χ1v) is 29.2. The van der Waals surface area contributed by atoms with Crippen LogP contribution in [-0.2, 0) is 28.2 Å². The van der Waals surface area contributed by atoms with Gasteiger partial charge in [-0.2, -0.15) is 0 Å². The van der Waals surface area contributed by atoms with Crippen LogP contribution in [0.1, 0.15) is 68.0 Å². The van der Waals surface area contributed by atoms with E-state index in [2.05, 4.69) is 204 Å². The molecule has 4 heteroatoms. The van der Waals surface area contributed by atoms with Crippen molar-refractivity contribution in [3.8, 4) is 89.5 Å². The lowest BCUT2D eigenvalue weighted by Crippen LogP contribution is -2.31. The third kappa shape index (κ3) is 14.8. The van der Waals surface area contributed by atoms with Crippen molar-refractivity contribution in [2.24, 2.45) is 28.2 Å². The minimum Gasteiger partial charge on any atom is -0.201 e. The van der Waals surface area contributed by atoms with Crippen LogP contribution in [0.2, 0.25) is 0 Å². The minimum absolute atomic E-state index is 0.352. The monoisotopic (exact) mass is 1130 g/mol. The van der Waals surface area contributed by atoms with Crippen LogP contribution in [0.25, 0.3) is 89.5 Å². The Hall–Kier alpha value is -9.64. The summed E-state index contributed by atoms with van der Waals surface area (Å²) < 4.78 is 76.6. The maximum absolute atomic E-state index is 7.69. The van der Waals surface area contributed by atoms with Crippen LogP contribution in [0.5, 0.6) is 0 Å². The van der Waals surface area contributed by atoms with Crippen molar-refractivity contribution in [1.29, 1.82) is 0 Å². The Morgan fingerprint density at radius 2 is 0.605 bits per heavy atom. The molecule has 0 aliphatic carbocycles. The van der Waals surface area contributed by atoms with Gasteiger partial charge in [0.1, 0.15) is 28.2 Å². The first-order chi connectivity index (χ1) is 45.0. The standard InChI is InChI=1S/2C21H22N.2C20H20N/c1-15-13-21(22(4)14-17(15)3)20-11-10-19(12-16(20)2)18-8-6-5-7-9-18;1-15-10-11-19(18-8-6-5-7-9-18)13-20(15)21-12-16(2)17(3)14-22(21)4;1-15-9-12-20(21(3)14-15)19-13-18(11-10-16(19)2)17-7-5-4-6-8-17;1-15-11-12-21(3)20(13-15)19-14-18(10-9-16(19)2)17-7-5-4-6-8-17/h2*5-14H,1-4H3;2*4-14H,1-3H3/q4*+1/i2*3D3;1D3;. The highest BCUT2D eigenvalue weighted by Gasteiger charge is 2.19.